The highest BCUT2D eigenvalue weighted by Gasteiger charge is 2.22. The molecule has 2 N–H and O–H groups in total. The first-order valence-corrected chi connectivity index (χ1v) is 11.0. The molecule has 0 aliphatic heterocycles. The molecule has 0 saturated carbocycles. The van der Waals surface area contributed by atoms with Crippen molar-refractivity contribution in [3.8, 4) is 11.5 Å². The normalized spacial score (nSPS) is 13.6. The molecule has 0 unspecified atom stereocenters. The average Bonchev–Trinajstić information content (AvgIpc) is 2.68. The summed E-state index contributed by atoms with van der Waals surface area (Å²) in [5.41, 5.74) is 6.83. The summed E-state index contributed by atoms with van der Waals surface area (Å²) in [4.78, 5) is 11.8. The van der Waals surface area contributed by atoms with Gasteiger partial charge in [0, 0.05) is 26.2 Å². The summed E-state index contributed by atoms with van der Waals surface area (Å²) < 4.78 is 26.8. The van der Waals surface area contributed by atoms with E-state index < -0.39 is 11.8 Å². The van der Waals surface area contributed by atoms with E-state index in [4.69, 9.17) is 29.4 Å². The molecule has 0 aliphatic rings. The Morgan fingerprint density at radius 3 is 2.39 bits per heavy atom. The summed E-state index contributed by atoms with van der Waals surface area (Å²) in [7, 11) is 3.31. The second kappa shape index (κ2) is 13.4. The Morgan fingerprint density at radius 1 is 1.10 bits per heavy atom. The van der Waals surface area contributed by atoms with Gasteiger partial charge in [-0.15, -0.1) is 0 Å². The molecule has 1 aromatic carbocycles. The van der Waals surface area contributed by atoms with Crippen molar-refractivity contribution in [2.45, 2.75) is 65.5 Å². The van der Waals surface area contributed by atoms with Crippen LogP contribution in [0.2, 0.25) is 0 Å². The Balaban J connectivity index is 2.69. The zero-order chi connectivity index (χ0) is 23.4. The largest absolute Gasteiger partial charge is 0.508 e. The minimum Gasteiger partial charge on any atom is -0.493 e. The highest BCUT2D eigenvalue weighted by molar-refractivity contribution is 5.60. The molecule has 178 valence electrons. The van der Waals surface area contributed by atoms with Crippen molar-refractivity contribution >= 4 is 6.16 Å². The molecule has 0 aliphatic carbocycles. The molecule has 0 spiro atoms. The van der Waals surface area contributed by atoms with Gasteiger partial charge in [0.05, 0.1) is 13.7 Å². The SMILES string of the molecule is COCCCOc1cc(C[C@@H](C[C@H](N)COC(=O)OC(C)(C)C)C(C)C)ccc1OC. The fourth-order valence-electron chi connectivity index (χ4n) is 3.15. The fraction of sp³-hybridized carbons (Fsp3) is 0.708. The van der Waals surface area contributed by atoms with Crippen LogP contribution in [0, 0.1) is 11.8 Å². The molecule has 0 aromatic heterocycles. The second-order valence-corrected chi connectivity index (χ2v) is 9.16. The van der Waals surface area contributed by atoms with E-state index in [9.17, 15) is 4.79 Å². The minimum absolute atomic E-state index is 0.134. The van der Waals surface area contributed by atoms with Gasteiger partial charge < -0.3 is 29.4 Å². The molecule has 7 nitrogen and oxygen atoms in total. The van der Waals surface area contributed by atoms with Crippen molar-refractivity contribution in [2.75, 3.05) is 34.0 Å². The third-order valence-corrected chi connectivity index (χ3v) is 4.83. The summed E-state index contributed by atoms with van der Waals surface area (Å²) in [5.74, 6) is 2.19. The number of rotatable bonds is 13. The Hall–Kier alpha value is -1.99. The monoisotopic (exact) mass is 439 g/mol. The van der Waals surface area contributed by atoms with Crippen LogP contribution < -0.4 is 15.2 Å². The van der Waals surface area contributed by atoms with Gasteiger partial charge in [-0.1, -0.05) is 19.9 Å². The number of hydrogen-bond acceptors (Lipinski definition) is 7. The lowest BCUT2D eigenvalue weighted by Crippen LogP contribution is -2.33. The van der Waals surface area contributed by atoms with Gasteiger partial charge in [-0.05, 0) is 63.1 Å². The third-order valence-electron chi connectivity index (χ3n) is 4.83. The predicted octanol–water partition coefficient (Wildman–Crippen LogP) is 4.59. The van der Waals surface area contributed by atoms with Crippen molar-refractivity contribution in [3.05, 3.63) is 23.8 Å². The topological polar surface area (TPSA) is 89.2 Å². The van der Waals surface area contributed by atoms with E-state index in [0.29, 0.717) is 30.8 Å². The molecular formula is C24H41NO6. The van der Waals surface area contributed by atoms with Crippen LogP contribution in [-0.4, -0.2) is 51.8 Å². The summed E-state index contributed by atoms with van der Waals surface area (Å²) in [6.07, 6.45) is 1.70. The quantitative estimate of drug-likeness (QED) is 0.355. The molecule has 1 aromatic rings. The maximum absolute atomic E-state index is 11.8. The first-order valence-electron chi connectivity index (χ1n) is 11.0. The first-order chi connectivity index (χ1) is 14.6. The third kappa shape index (κ3) is 11.3. The van der Waals surface area contributed by atoms with Crippen LogP contribution in [0.3, 0.4) is 0 Å². The molecule has 31 heavy (non-hydrogen) atoms. The fourth-order valence-corrected chi connectivity index (χ4v) is 3.15. The molecule has 0 radical (unpaired) electrons. The highest BCUT2D eigenvalue weighted by Crippen LogP contribution is 2.31. The lowest BCUT2D eigenvalue weighted by molar-refractivity contribution is -0.0103. The smallest absolute Gasteiger partial charge is 0.493 e. The van der Waals surface area contributed by atoms with Gasteiger partial charge in [0.2, 0.25) is 0 Å². The second-order valence-electron chi connectivity index (χ2n) is 9.16. The number of carbonyl (C=O) groups is 1. The standard InChI is InChI=1S/C24H41NO6/c1-17(2)19(15-20(25)16-30-23(26)31-24(3,4)5)13-18-9-10-21(28-7)22(14-18)29-12-8-11-27-6/h9-10,14,17,19-20H,8,11-13,15-16,25H2,1-7H3/t19-,20-/m0/s1. The number of benzene rings is 1. The summed E-state index contributed by atoms with van der Waals surface area (Å²) >= 11 is 0. The van der Waals surface area contributed by atoms with E-state index in [1.165, 1.54) is 0 Å². The number of hydrogen-bond donors (Lipinski definition) is 1. The summed E-state index contributed by atoms with van der Waals surface area (Å²) in [5, 5.41) is 0. The van der Waals surface area contributed by atoms with E-state index in [1.54, 1.807) is 35.0 Å². The van der Waals surface area contributed by atoms with Crippen LogP contribution >= 0.6 is 0 Å². The molecule has 0 heterocycles. The van der Waals surface area contributed by atoms with Gasteiger partial charge in [0.1, 0.15) is 12.2 Å². The maximum atomic E-state index is 11.8. The van der Waals surface area contributed by atoms with Gasteiger partial charge >= 0.3 is 6.16 Å². The van der Waals surface area contributed by atoms with Crippen LogP contribution in [-0.2, 0) is 20.6 Å². The Labute approximate surface area is 187 Å². The summed E-state index contributed by atoms with van der Waals surface area (Å²) in [6.45, 7) is 11.1. The van der Waals surface area contributed by atoms with Crippen LogP contribution in [0.25, 0.3) is 0 Å². The van der Waals surface area contributed by atoms with Gasteiger partial charge in [-0.2, -0.15) is 0 Å². The van der Waals surface area contributed by atoms with E-state index >= 15 is 0 Å². The van der Waals surface area contributed by atoms with E-state index in [1.807, 2.05) is 12.1 Å². The van der Waals surface area contributed by atoms with Crippen molar-refractivity contribution < 1.29 is 28.5 Å². The number of carbonyl (C=O) groups excluding carboxylic acids is 1. The first kappa shape index (κ1) is 27.0. The van der Waals surface area contributed by atoms with Crippen LogP contribution in [0.4, 0.5) is 4.79 Å². The Morgan fingerprint density at radius 2 is 1.81 bits per heavy atom. The molecule has 2 atom stereocenters. The number of nitrogens with two attached hydrogens (primary N) is 1. The van der Waals surface area contributed by atoms with E-state index in [2.05, 4.69) is 19.9 Å². The van der Waals surface area contributed by atoms with Crippen LogP contribution in [0.5, 0.6) is 11.5 Å². The summed E-state index contributed by atoms with van der Waals surface area (Å²) in [6, 6.07) is 5.76. The lowest BCUT2D eigenvalue weighted by atomic mass is 9.84. The zero-order valence-corrected chi connectivity index (χ0v) is 20.2. The van der Waals surface area contributed by atoms with Crippen molar-refractivity contribution in [1.82, 2.24) is 0 Å². The Bertz CT molecular complexity index is 656. The minimum atomic E-state index is -0.686. The van der Waals surface area contributed by atoms with Crippen LogP contribution in [0.15, 0.2) is 18.2 Å². The Kier molecular flexibility index (Phi) is 11.7. The molecule has 7 heteroatoms. The average molecular weight is 440 g/mol. The maximum Gasteiger partial charge on any atom is 0.508 e. The van der Waals surface area contributed by atoms with Gasteiger partial charge in [0.25, 0.3) is 0 Å². The molecule has 0 saturated heterocycles. The van der Waals surface area contributed by atoms with Crippen molar-refractivity contribution in [1.29, 1.82) is 0 Å². The molecule has 0 fully saturated rings. The lowest BCUT2D eigenvalue weighted by Gasteiger charge is -2.25. The molecule has 0 bridgehead atoms. The predicted molar refractivity (Wildman–Crippen MR) is 122 cm³/mol. The zero-order valence-electron chi connectivity index (χ0n) is 20.2. The highest BCUT2D eigenvalue weighted by atomic mass is 16.7. The van der Waals surface area contributed by atoms with E-state index in [0.717, 1.165) is 30.6 Å². The van der Waals surface area contributed by atoms with E-state index in [-0.39, 0.29) is 12.6 Å². The number of methoxy groups -OCH3 is 2. The molecule has 1 rings (SSSR count). The van der Waals surface area contributed by atoms with Crippen molar-refractivity contribution in [3.63, 3.8) is 0 Å². The molecular weight excluding hydrogens is 398 g/mol. The van der Waals surface area contributed by atoms with Crippen molar-refractivity contribution in [2.24, 2.45) is 17.6 Å². The van der Waals surface area contributed by atoms with Gasteiger partial charge in [-0.3, -0.25) is 0 Å². The number of ether oxygens (including phenoxy) is 5. The van der Waals surface area contributed by atoms with Gasteiger partial charge in [-0.25, -0.2) is 4.79 Å². The van der Waals surface area contributed by atoms with Crippen LogP contribution in [0.1, 0.15) is 53.0 Å². The van der Waals surface area contributed by atoms with Gasteiger partial charge in [0.15, 0.2) is 11.5 Å². The molecule has 0 amide bonds.